The molecular formula is C51H71F2N11O4. The molecule has 6 N–H and O–H groups in total. The Hall–Kier alpha value is -5.39. The van der Waals surface area contributed by atoms with Gasteiger partial charge >= 0.3 is 5.69 Å². The summed E-state index contributed by atoms with van der Waals surface area (Å²) < 4.78 is 32.3. The molecule has 17 heteroatoms. The number of allylic oxidation sites excluding steroid dienone is 1. The van der Waals surface area contributed by atoms with E-state index >= 15 is 0 Å². The molecule has 1 aromatic heterocycles. The summed E-state index contributed by atoms with van der Waals surface area (Å²) in [5.74, 6) is -0.0429. The van der Waals surface area contributed by atoms with Crippen molar-refractivity contribution >= 4 is 46.2 Å². The molecule has 15 nitrogen and oxygen atoms in total. The first kappa shape index (κ1) is 49.0. The number of nitrogens with zero attached hydrogens (tertiary/aromatic N) is 7. The monoisotopic (exact) mass is 940 g/mol. The summed E-state index contributed by atoms with van der Waals surface area (Å²) in [5, 5.41) is 6.26. The first-order valence-electron chi connectivity index (χ1n) is 24.9. The average molecular weight is 940 g/mol. The number of halogens is 2. The molecule has 0 saturated carbocycles. The molecule has 68 heavy (non-hydrogen) atoms. The van der Waals surface area contributed by atoms with E-state index in [1.54, 1.807) is 36.2 Å². The van der Waals surface area contributed by atoms with Crippen LogP contribution in [0.3, 0.4) is 0 Å². The Labute approximate surface area is 398 Å². The van der Waals surface area contributed by atoms with Crippen LogP contribution in [0.5, 0.6) is 0 Å². The van der Waals surface area contributed by atoms with Crippen molar-refractivity contribution < 1.29 is 23.2 Å². The molecule has 0 aliphatic carbocycles. The van der Waals surface area contributed by atoms with Crippen LogP contribution in [-0.4, -0.2) is 126 Å². The van der Waals surface area contributed by atoms with Crippen LogP contribution in [0.25, 0.3) is 16.6 Å². The molecule has 2 atom stereocenters. The average Bonchev–Trinajstić information content (AvgIpc) is 3.58. The largest absolute Gasteiger partial charge is 0.404 e. The Balaban J connectivity index is 0.787. The van der Waals surface area contributed by atoms with E-state index in [0.717, 1.165) is 106 Å². The lowest BCUT2D eigenvalue weighted by atomic mass is 9.90. The number of rotatable bonds is 16. The maximum absolute atomic E-state index is 14.6. The van der Waals surface area contributed by atoms with Crippen LogP contribution in [0.1, 0.15) is 112 Å². The van der Waals surface area contributed by atoms with Crippen molar-refractivity contribution in [2.45, 2.75) is 115 Å². The van der Waals surface area contributed by atoms with Gasteiger partial charge in [-0.3, -0.25) is 33.8 Å². The molecule has 0 radical (unpaired) electrons. The van der Waals surface area contributed by atoms with Gasteiger partial charge in [-0.05, 0) is 144 Å². The van der Waals surface area contributed by atoms with Crippen LogP contribution >= 0.6 is 0 Å². The lowest BCUT2D eigenvalue weighted by Gasteiger charge is -2.42. The molecule has 5 aliphatic rings. The van der Waals surface area contributed by atoms with Gasteiger partial charge in [0.2, 0.25) is 17.7 Å². The molecule has 0 spiro atoms. The van der Waals surface area contributed by atoms with Gasteiger partial charge < -0.3 is 36.4 Å². The zero-order chi connectivity index (χ0) is 48.1. The van der Waals surface area contributed by atoms with Crippen molar-refractivity contribution in [3.05, 3.63) is 80.5 Å². The number of fused-ring (bicyclic) bond motifs is 2. The minimum atomic E-state index is -2.71. The summed E-state index contributed by atoms with van der Waals surface area (Å²) in [6, 6.07) is 9.13. The molecule has 5 aliphatic heterocycles. The fraction of sp³-hybridized carbons (Fsp3) is 0.588. The lowest BCUT2D eigenvalue weighted by molar-refractivity contribution is -0.135. The van der Waals surface area contributed by atoms with E-state index in [1.807, 2.05) is 21.9 Å². The van der Waals surface area contributed by atoms with Gasteiger partial charge in [0.25, 0.3) is 6.43 Å². The van der Waals surface area contributed by atoms with Gasteiger partial charge in [-0.1, -0.05) is 6.07 Å². The second kappa shape index (κ2) is 21.9. The Morgan fingerprint density at radius 2 is 1.65 bits per heavy atom. The highest BCUT2D eigenvalue weighted by molar-refractivity contribution is 6.10. The molecule has 3 fully saturated rings. The van der Waals surface area contributed by atoms with Crippen molar-refractivity contribution in [3.8, 4) is 0 Å². The molecule has 6 heterocycles. The van der Waals surface area contributed by atoms with Crippen molar-refractivity contribution in [1.82, 2.24) is 34.5 Å². The zero-order valence-electron chi connectivity index (χ0n) is 40.2. The van der Waals surface area contributed by atoms with Gasteiger partial charge in [-0.25, -0.2) is 13.6 Å². The van der Waals surface area contributed by atoms with Gasteiger partial charge in [-0.15, -0.1) is 0 Å². The molecule has 8 rings (SSSR count). The number of imide groups is 1. The van der Waals surface area contributed by atoms with E-state index in [2.05, 4.69) is 37.6 Å². The molecule has 0 bridgehead atoms. The number of hydrogen-bond donors (Lipinski definition) is 4. The Kier molecular flexibility index (Phi) is 15.8. The second-order valence-electron chi connectivity index (χ2n) is 19.6. The number of amides is 3. The van der Waals surface area contributed by atoms with Crippen molar-refractivity contribution in [1.29, 1.82) is 0 Å². The summed E-state index contributed by atoms with van der Waals surface area (Å²) >= 11 is 0. The number of imidazole rings is 1. The number of carbonyl (C=O) groups excluding carboxylic acids is 3. The molecule has 368 valence electrons. The molecular weight excluding hydrogens is 869 g/mol. The lowest BCUT2D eigenvalue weighted by Crippen LogP contribution is -2.52. The van der Waals surface area contributed by atoms with Crippen molar-refractivity contribution in [2.75, 3.05) is 70.9 Å². The van der Waals surface area contributed by atoms with Gasteiger partial charge in [0.1, 0.15) is 12.2 Å². The minimum absolute atomic E-state index is 0.00476. The van der Waals surface area contributed by atoms with Crippen LogP contribution in [0.4, 0.5) is 14.5 Å². The van der Waals surface area contributed by atoms with Crippen molar-refractivity contribution in [3.63, 3.8) is 0 Å². The third-order valence-corrected chi connectivity index (χ3v) is 15.3. The summed E-state index contributed by atoms with van der Waals surface area (Å²) in [6.07, 6.45) is 11.1. The van der Waals surface area contributed by atoms with Gasteiger partial charge in [0.15, 0.2) is 0 Å². The third-order valence-electron chi connectivity index (χ3n) is 15.3. The van der Waals surface area contributed by atoms with Crippen LogP contribution < -0.4 is 32.7 Å². The van der Waals surface area contributed by atoms with Crippen LogP contribution in [0, 0.1) is 5.92 Å². The van der Waals surface area contributed by atoms with E-state index in [1.165, 1.54) is 43.7 Å². The van der Waals surface area contributed by atoms with Gasteiger partial charge in [0.05, 0.1) is 11.0 Å². The second-order valence-corrected chi connectivity index (χ2v) is 19.6. The molecule has 3 amide bonds. The van der Waals surface area contributed by atoms with Crippen molar-refractivity contribution in [2.24, 2.45) is 29.4 Å². The summed E-state index contributed by atoms with van der Waals surface area (Å²) in [7, 11) is 3.34. The van der Waals surface area contributed by atoms with Crippen LogP contribution in [0.2, 0.25) is 0 Å². The fourth-order valence-electron chi connectivity index (χ4n) is 11.3. The highest BCUT2D eigenvalue weighted by Crippen LogP contribution is 2.39. The highest BCUT2D eigenvalue weighted by Gasteiger charge is 2.34. The van der Waals surface area contributed by atoms with Gasteiger partial charge in [0, 0.05) is 113 Å². The van der Waals surface area contributed by atoms with E-state index in [4.69, 9.17) is 11.5 Å². The number of unbranched alkanes of at least 4 members (excludes halogenated alkanes) is 1. The standard InChI is InChI=1S/C51H71F2N11O4/c1-33(65)62-26-18-42(41(32-62)49(55)63-21-6-7-36-28-39(37(30-54)31-56-2)40(48(52)53)29-45(36)63)57-38-16-24-61(25-17-38)20-5-4-19-60-22-14-34(15-23-60)8-9-35-10-11-43-46(27-35)59(3)51(68)64(43)44-12-13-47(66)58-50(44)67/h10-11,27-31,34,38,44,48-49,57H,4-9,12-26,32,54-55H2,1-3H3,(H,58,66,67). The topological polar surface area (TPSA) is 180 Å². The highest BCUT2D eigenvalue weighted by atomic mass is 19.3. The molecule has 3 aromatic rings. The van der Waals surface area contributed by atoms with E-state index in [9.17, 15) is 28.0 Å². The first-order chi connectivity index (χ1) is 32.8. The quantitative estimate of drug-likeness (QED) is 0.0871. The normalized spacial score (nSPS) is 21.3. The predicted molar refractivity (Wildman–Crippen MR) is 263 cm³/mol. The number of alkyl halides is 2. The van der Waals surface area contributed by atoms with Crippen LogP contribution in [0.15, 0.2) is 57.6 Å². The maximum atomic E-state index is 14.6. The molecule has 2 aromatic carbocycles. The predicted octanol–water partition coefficient (Wildman–Crippen LogP) is 4.98. The van der Waals surface area contributed by atoms with Gasteiger partial charge in [-0.2, -0.15) is 0 Å². The SMILES string of the molecule is CN=CC(=CN)c1cc2c(cc1C(F)F)N(C(N)C1=C(NC3CCN(CCCCN4CCC(CCc5ccc6c(c5)n(C)c(=O)n6C5CCC(=O)NC5=O)CC4)CC3)CCN(C(C)=O)C1)CCC2. The minimum Gasteiger partial charge on any atom is -0.404 e. The number of aromatic nitrogens is 2. The smallest absolute Gasteiger partial charge is 0.329 e. The number of likely N-dealkylation sites (tertiary alicyclic amines) is 2. The number of aryl methyl sites for hydroxylation is 3. The number of aliphatic imine (C=N–C) groups is 1. The number of carbonyl (C=O) groups is 3. The fourth-order valence-corrected chi connectivity index (χ4v) is 11.3. The van der Waals surface area contributed by atoms with Crippen LogP contribution in [-0.2, 0) is 34.3 Å². The first-order valence-corrected chi connectivity index (χ1v) is 24.9. The number of anilines is 1. The number of hydrogen-bond acceptors (Lipinski definition) is 11. The van der Waals surface area contributed by atoms with E-state index in [0.29, 0.717) is 61.3 Å². The summed E-state index contributed by atoms with van der Waals surface area (Å²) in [6.45, 7) is 9.73. The number of piperidine rings is 3. The maximum Gasteiger partial charge on any atom is 0.329 e. The summed E-state index contributed by atoms with van der Waals surface area (Å²) in [5.41, 5.74) is 19.9. The Morgan fingerprint density at radius 1 is 0.926 bits per heavy atom. The summed E-state index contributed by atoms with van der Waals surface area (Å²) in [4.78, 5) is 63.2. The Bertz CT molecular complexity index is 2480. The zero-order valence-corrected chi connectivity index (χ0v) is 40.2. The van der Waals surface area contributed by atoms with E-state index in [-0.39, 0.29) is 29.5 Å². The molecule has 3 saturated heterocycles. The molecule has 2 unspecified atom stereocenters. The number of nitrogens with one attached hydrogen (secondary N) is 2. The number of benzene rings is 2. The van der Waals surface area contributed by atoms with E-state index < -0.39 is 24.5 Å². The number of nitrogens with two attached hydrogens (primary N) is 2. The third kappa shape index (κ3) is 10.9. The Morgan fingerprint density at radius 3 is 2.31 bits per heavy atom.